The Morgan fingerprint density at radius 1 is 1.09 bits per heavy atom. The minimum absolute atomic E-state index is 0. The van der Waals surface area contributed by atoms with Crippen molar-refractivity contribution in [3.05, 3.63) is 29.3 Å². The van der Waals surface area contributed by atoms with Gasteiger partial charge < -0.3 is 61.7 Å². The van der Waals surface area contributed by atoms with Crippen molar-refractivity contribution in [2.45, 2.75) is 70.8 Å². The van der Waals surface area contributed by atoms with Crippen LogP contribution in [-0.2, 0) is 6.42 Å². The van der Waals surface area contributed by atoms with Gasteiger partial charge in [-0.1, -0.05) is 6.07 Å². The average Bonchev–Trinajstić information content (AvgIpc) is 2.73. The normalized spacial score (nSPS) is 30.6. The van der Waals surface area contributed by atoms with Crippen LogP contribution in [0, 0.1) is 11.8 Å². The molecule has 1 saturated heterocycles. The highest BCUT2D eigenvalue weighted by molar-refractivity contribution is 5.40. The standard InChI is InChI=1S/C27H46N2O.2HI/c1-7-29(6,8-2)18-19-30-22-12-14-23-21(20-22)11-13-25-24(23)15-16-27(3)26(25)10-9-17-28(27,4)5;;/h12,14,20,24-26H,7-11,13,15-19H2,1-6H3;2*1H/q+2;;/p-2/t24-,25-,26+,27+;;/m1../s1. The minimum Gasteiger partial charge on any atom is -1.00 e. The first-order valence-corrected chi connectivity index (χ1v) is 12.7. The Balaban J connectivity index is 0.00000181. The third-order valence-electron chi connectivity index (χ3n) is 10.1. The third-order valence-corrected chi connectivity index (χ3v) is 10.1. The fourth-order valence-electron chi connectivity index (χ4n) is 7.11. The molecule has 2 fully saturated rings. The molecule has 2 aliphatic carbocycles. The number of likely N-dealkylation sites (tertiary alicyclic amines) is 1. The molecular weight excluding hydrogens is 622 g/mol. The maximum absolute atomic E-state index is 6.22. The van der Waals surface area contributed by atoms with Crippen molar-refractivity contribution in [1.29, 1.82) is 0 Å². The summed E-state index contributed by atoms with van der Waals surface area (Å²) in [6.07, 6.45) is 8.22. The Hall–Kier alpha value is 0.400. The molecule has 0 spiro atoms. The van der Waals surface area contributed by atoms with E-state index >= 15 is 0 Å². The third kappa shape index (κ3) is 5.15. The molecule has 1 aromatic carbocycles. The number of rotatable bonds is 6. The van der Waals surface area contributed by atoms with Crippen LogP contribution in [0.1, 0.15) is 69.9 Å². The molecule has 5 heteroatoms. The molecule has 184 valence electrons. The summed E-state index contributed by atoms with van der Waals surface area (Å²) in [5.41, 5.74) is 3.70. The second-order valence-electron chi connectivity index (χ2n) is 11.5. The molecule has 0 bridgehead atoms. The lowest BCUT2D eigenvalue weighted by atomic mass is 9.54. The molecule has 1 aliphatic heterocycles. The van der Waals surface area contributed by atoms with Gasteiger partial charge in [0.2, 0.25) is 0 Å². The van der Waals surface area contributed by atoms with Gasteiger partial charge in [-0.2, -0.15) is 0 Å². The smallest absolute Gasteiger partial charge is 0.137 e. The van der Waals surface area contributed by atoms with Gasteiger partial charge in [-0.05, 0) is 88.0 Å². The van der Waals surface area contributed by atoms with Crippen LogP contribution in [0.4, 0.5) is 0 Å². The number of hydrogen-bond donors (Lipinski definition) is 0. The largest absolute Gasteiger partial charge is 1.00 e. The lowest BCUT2D eigenvalue weighted by Gasteiger charge is -2.60. The second kappa shape index (κ2) is 11.0. The molecule has 1 heterocycles. The van der Waals surface area contributed by atoms with Gasteiger partial charge in [-0.3, -0.25) is 0 Å². The van der Waals surface area contributed by atoms with Crippen LogP contribution >= 0.6 is 0 Å². The van der Waals surface area contributed by atoms with Gasteiger partial charge >= 0.3 is 0 Å². The molecule has 1 aromatic rings. The zero-order valence-corrected chi connectivity index (χ0v) is 25.6. The number of benzene rings is 1. The summed E-state index contributed by atoms with van der Waals surface area (Å²) < 4.78 is 8.54. The van der Waals surface area contributed by atoms with E-state index in [0.29, 0.717) is 5.54 Å². The van der Waals surface area contributed by atoms with Crippen molar-refractivity contribution in [3.63, 3.8) is 0 Å². The Morgan fingerprint density at radius 3 is 2.50 bits per heavy atom. The quantitative estimate of drug-likeness (QED) is 0.287. The van der Waals surface area contributed by atoms with Crippen LogP contribution in [-0.4, -0.2) is 68.4 Å². The second-order valence-corrected chi connectivity index (χ2v) is 11.5. The van der Waals surface area contributed by atoms with Crippen molar-refractivity contribution in [2.75, 3.05) is 53.9 Å². The molecule has 0 aromatic heterocycles. The number of nitrogens with zero attached hydrogens (tertiary/aromatic N) is 2. The molecule has 4 rings (SSSR count). The van der Waals surface area contributed by atoms with E-state index in [1.54, 1.807) is 11.1 Å². The molecule has 3 aliphatic rings. The Morgan fingerprint density at radius 2 is 1.81 bits per heavy atom. The zero-order valence-electron chi connectivity index (χ0n) is 21.3. The number of fused-ring (bicyclic) bond motifs is 5. The molecule has 32 heavy (non-hydrogen) atoms. The van der Waals surface area contributed by atoms with E-state index in [2.05, 4.69) is 60.1 Å². The van der Waals surface area contributed by atoms with Crippen molar-refractivity contribution in [1.82, 2.24) is 0 Å². The van der Waals surface area contributed by atoms with Crippen molar-refractivity contribution < 1.29 is 61.7 Å². The Labute approximate surface area is 231 Å². The van der Waals surface area contributed by atoms with E-state index in [1.807, 2.05) is 0 Å². The first kappa shape index (κ1) is 28.6. The number of likely N-dealkylation sites (N-methyl/N-ethyl adjacent to an activating group) is 1. The number of aryl methyl sites for hydroxylation is 1. The van der Waals surface area contributed by atoms with Crippen LogP contribution < -0.4 is 52.7 Å². The van der Waals surface area contributed by atoms with E-state index in [-0.39, 0.29) is 48.0 Å². The van der Waals surface area contributed by atoms with E-state index < -0.39 is 0 Å². The van der Waals surface area contributed by atoms with Gasteiger partial charge in [0.15, 0.2) is 0 Å². The van der Waals surface area contributed by atoms with Crippen LogP contribution in [0.5, 0.6) is 5.75 Å². The zero-order chi connectivity index (χ0) is 21.6. The Kier molecular flexibility index (Phi) is 9.83. The van der Waals surface area contributed by atoms with Crippen LogP contribution in [0.15, 0.2) is 18.2 Å². The SMILES string of the molecule is CC[N+](C)(CC)CCOc1ccc2c(c1)CC[C@@H]1[C@@H]2CC[C@@]2(C)[C@H]1CCC[N+]2(C)C.[I-].[I-]. The Bertz CT molecular complexity index is 764. The minimum atomic E-state index is 0. The van der Waals surface area contributed by atoms with Crippen molar-refractivity contribution in [3.8, 4) is 5.75 Å². The molecule has 0 unspecified atom stereocenters. The van der Waals surface area contributed by atoms with Gasteiger partial charge in [0, 0.05) is 12.3 Å². The summed E-state index contributed by atoms with van der Waals surface area (Å²) in [4.78, 5) is 0. The number of halogens is 2. The maximum atomic E-state index is 6.22. The predicted octanol–water partition coefficient (Wildman–Crippen LogP) is -0.755. The summed E-state index contributed by atoms with van der Waals surface area (Å²) >= 11 is 0. The van der Waals surface area contributed by atoms with E-state index in [0.717, 1.165) is 41.1 Å². The fourth-order valence-corrected chi connectivity index (χ4v) is 7.11. The molecule has 0 N–H and O–H groups in total. The number of quaternary nitrogens is 2. The highest BCUT2D eigenvalue weighted by Crippen LogP contribution is 2.57. The monoisotopic (exact) mass is 668 g/mol. The van der Waals surface area contributed by atoms with Crippen LogP contribution in [0.2, 0.25) is 0 Å². The summed E-state index contributed by atoms with van der Waals surface area (Å²) in [5, 5.41) is 0. The van der Waals surface area contributed by atoms with Gasteiger partial charge in [0.1, 0.15) is 18.9 Å². The summed E-state index contributed by atoms with van der Waals surface area (Å²) in [6.45, 7) is 12.8. The molecule has 1 saturated carbocycles. The number of hydrogen-bond acceptors (Lipinski definition) is 1. The maximum Gasteiger partial charge on any atom is 0.137 e. The number of ether oxygens (including phenoxy) is 1. The predicted molar refractivity (Wildman–Crippen MR) is 126 cm³/mol. The highest BCUT2D eigenvalue weighted by Gasteiger charge is 2.57. The fraction of sp³-hybridized carbons (Fsp3) is 0.778. The van der Waals surface area contributed by atoms with E-state index in [4.69, 9.17) is 4.74 Å². The molecule has 4 atom stereocenters. The summed E-state index contributed by atoms with van der Waals surface area (Å²) in [7, 11) is 7.32. The van der Waals surface area contributed by atoms with Gasteiger partial charge in [0.25, 0.3) is 0 Å². The number of piperidine rings is 1. The van der Waals surface area contributed by atoms with Gasteiger partial charge in [-0.15, -0.1) is 0 Å². The average molecular weight is 668 g/mol. The summed E-state index contributed by atoms with van der Waals surface area (Å²) in [5.74, 6) is 3.64. The van der Waals surface area contributed by atoms with Crippen molar-refractivity contribution >= 4 is 0 Å². The van der Waals surface area contributed by atoms with E-state index in [9.17, 15) is 0 Å². The molecule has 0 amide bonds. The highest BCUT2D eigenvalue weighted by atomic mass is 127. The molecule has 0 radical (unpaired) electrons. The lowest BCUT2D eigenvalue weighted by molar-refractivity contribution is -0.952. The molecule has 3 nitrogen and oxygen atoms in total. The van der Waals surface area contributed by atoms with Gasteiger partial charge in [-0.25, -0.2) is 0 Å². The topological polar surface area (TPSA) is 9.23 Å². The van der Waals surface area contributed by atoms with E-state index in [1.165, 1.54) is 62.6 Å². The van der Waals surface area contributed by atoms with Crippen LogP contribution in [0.3, 0.4) is 0 Å². The van der Waals surface area contributed by atoms with Gasteiger partial charge in [0.05, 0.1) is 46.3 Å². The summed E-state index contributed by atoms with van der Waals surface area (Å²) in [6, 6.07) is 7.07. The van der Waals surface area contributed by atoms with Crippen molar-refractivity contribution in [2.24, 2.45) is 11.8 Å². The first-order chi connectivity index (χ1) is 14.2. The molecular formula is C27H46I2N2O. The lowest BCUT2D eigenvalue weighted by Crippen LogP contribution is -3.00. The first-order valence-electron chi connectivity index (χ1n) is 12.7. The van der Waals surface area contributed by atoms with Crippen LogP contribution in [0.25, 0.3) is 0 Å².